The molecule has 2 aromatic carbocycles. The average molecular weight is 462 g/mol. The highest BCUT2D eigenvalue weighted by Crippen LogP contribution is 2.33. The van der Waals surface area contributed by atoms with Crippen molar-refractivity contribution in [3.8, 4) is 5.75 Å². The molecule has 2 rings (SSSR count). The molecule has 2 aromatic rings. The Hall–Kier alpha value is -0.965. The lowest BCUT2D eigenvalue weighted by atomic mass is 9.84. The fourth-order valence-corrected chi connectivity index (χ4v) is 4.38. The van der Waals surface area contributed by atoms with Gasteiger partial charge in [-0.15, -0.1) is 0 Å². The third-order valence-electron chi connectivity index (χ3n) is 5.44. The van der Waals surface area contributed by atoms with E-state index in [0.717, 1.165) is 18.6 Å². The molecule has 0 aromatic heterocycles. The zero-order valence-electron chi connectivity index (χ0n) is 17.6. The van der Waals surface area contributed by atoms with E-state index < -0.39 is 0 Å². The van der Waals surface area contributed by atoms with E-state index in [1.165, 1.54) is 38.8 Å². The van der Waals surface area contributed by atoms with Gasteiger partial charge in [0.25, 0.3) is 0 Å². The molecule has 0 spiro atoms. The summed E-state index contributed by atoms with van der Waals surface area (Å²) in [5.74, 6) is 1.42. The van der Waals surface area contributed by atoms with Crippen LogP contribution in [0.1, 0.15) is 72.9 Å². The molecule has 0 saturated carbocycles. The second-order valence-electron chi connectivity index (χ2n) is 7.94. The fraction of sp³-hybridized carbons (Fsp3) is 0.478. The van der Waals surface area contributed by atoms with Crippen LogP contribution in [0.25, 0.3) is 0 Å². The van der Waals surface area contributed by atoms with Crippen LogP contribution >= 0.6 is 22.6 Å². The van der Waals surface area contributed by atoms with Gasteiger partial charge in [-0.2, -0.15) is 0 Å². The van der Waals surface area contributed by atoms with Crippen molar-refractivity contribution in [1.29, 1.82) is 0 Å². The Kier molecular flexibility index (Phi) is 6.87. The highest BCUT2D eigenvalue weighted by molar-refractivity contribution is 14.1. The van der Waals surface area contributed by atoms with Crippen molar-refractivity contribution in [2.45, 2.75) is 70.8 Å². The Bertz CT molecular complexity index is 749. The standard InChI is InChI=1S/C23H32BIO/c1-8-9-23(7,25)26-22-16(4)12-20(13-21(22)24)18(6)19-10-14(2)17(5)15(3)11-19/h10-13,18H,8-9,24H2,1-7H3. The number of halogens is 1. The molecular formula is C23H32BIO. The number of hydrogen-bond donors (Lipinski definition) is 0. The van der Waals surface area contributed by atoms with Gasteiger partial charge in [0.2, 0.25) is 0 Å². The van der Waals surface area contributed by atoms with E-state index in [1.54, 1.807) is 0 Å². The van der Waals surface area contributed by atoms with Gasteiger partial charge in [-0.3, -0.25) is 0 Å². The number of benzene rings is 2. The van der Waals surface area contributed by atoms with Gasteiger partial charge in [0.15, 0.2) is 3.61 Å². The van der Waals surface area contributed by atoms with Gasteiger partial charge < -0.3 is 4.74 Å². The Morgan fingerprint density at radius 2 is 1.50 bits per heavy atom. The van der Waals surface area contributed by atoms with Gasteiger partial charge in [0.05, 0.1) is 0 Å². The Labute approximate surface area is 174 Å². The molecule has 2 unspecified atom stereocenters. The second kappa shape index (κ2) is 8.37. The van der Waals surface area contributed by atoms with E-state index >= 15 is 0 Å². The maximum Gasteiger partial charge on any atom is 0.156 e. The predicted octanol–water partition coefficient (Wildman–Crippen LogP) is 5.66. The molecule has 140 valence electrons. The largest absolute Gasteiger partial charge is 0.478 e. The van der Waals surface area contributed by atoms with E-state index in [1.807, 2.05) is 0 Å². The van der Waals surface area contributed by atoms with Crippen LogP contribution in [-0.4, -0.2) is 11.5 Å². The normalized spacial score (nSPS) is 14.8. The molecule has 0 bridgehead atoms. The van der Waals surface area contributed by atoms with E-state index in [2.05, 4.69) is 103 Å². The van der Waals surface area contributed by atoms with Gasteiger partial charge in [0, 0.05) is 5.92 Å². The van der Waals surface area contributed by atoms with Gasteiger partial charge in [-0.1, -0.05) is 44.5 Å². The van der Waals surface area contributed by atoms with Gasteiger partial charge >= 0.3 is 0 Å². The summed E-state index contributed by atoms with van der Waals surface area (Å²) >= 11 is 2.43. The minimum atomic E-state index is -0.152. The average Bonchev–Trinajstić information content (AvgIpc) is 2.54. The molecule has 0 saturated heterocycles. The Morgan fingerprint density at radius 1 is 1.00 bits per heavy atom. The first-order valence-corrected chi connectivity index (χ1v) is 10.7. The van der Waals surface area contributed by atoms with Crippen LogP contribution in [0.2, 0.25) is 0 Å². The summed E-state index contributed by atoms with van der Waals surface area (Å²) in [5, 5.41) is 0. The monoisotopic (exact) mass is 462 g/mol. The molecule has 0 aliphatic carbocycles. The summed E-state index contributed by atoms with van der Waals surface area (Å²) in [5.41, 5.74) is 9.36. The van der Waals surface area contributed by atoms with Crippen LogP contribution in [0.5, 0.6) is 5.75 Å². The molecular weight excluding hydrogens is 430 g/mol. The van der Waals surface area contributed by atoms with E-state index in [0.29, 0.717) is 5.92 Å². The summed E-state index contributed by atoms with van der Waals surface area (Å²) < 4.78 is 6.23. The lowest BCUT2D eigenvalue weighted by Gasteiger charge is -2.27. The van der Waals surface area contributed by atoms with Crippen molar-refractivity contribution >= 4 is 35.9 Å². The van der Waals surface area contributed by atoms with Crippen molar-refractivity contribution in [1.82, 2.24) is 0 Å². The van der Waals surface area contributed by atoms with Crippen molar-refractivity contribution in [3.63, 3.8) is 0 Å². The summed E-state index contributed by atoms with van der Waals surface area (Å²) in [6, 6.07) is 9.28. The van der Waals surface area contributed by atoms with Gasteiger partial charge in [-0.05, 0) is 102 Å². The smallest absolute Gasteiger partial charge is 0.156 e. The van der Waals surface area contributed by atoms with Crippen LogP contribution < -0.4 is 10.2 Å². The number of rotatable bonds is 6. The molecule has 0 aliphatic heterocycles. The molecule has 0 amide bonds. The molecule has 0 fully saturated rings. The quantitative estimate of drug-likeness (QED) is 0.306. The molecule has 3 heteroatoms. The second-order valence-corrected chi connectivity index (χ2v) is 10.2. The highest BCUT2D eigenvalue weighted by Gasteiger charge is 2.23. The third-order valence-corrected chi connectivity index (χ3v) is 6.20. The van der Waals surface area contributed by atoms with Crippen LogP contribution in [0.3, 0.4) is 0 Å². The van der Waals surface area contributed by atoms with Gasteiger partial charge in [-0.25, -0.2) is 0 Å². The molecule has 0 aliphatic rings. The lowest BCUT2D eigenvalue weighted by molar-refractivity contribution is 0.193. The zero-order chi connectivity index (χ0) is 19.6. The van der Waals surface area contributed by atoms with Crippen LogP contribution in [0.4, 0.5) is 0 Å². The van der Waals surface area contributed by atoms with Crippen molar-refractivity contribution < 1.29 is 4.74 Å². The summed E-state index contributed by atoms with van der Waals surface area (Å²) in [6.07, 6.45) is 2.17. The highest BCUT2D eigenvalue weighted by atomic mass is 127. The van der Waals surface area contributed by atoms with E-state index in [4.69, 9.17) is 4.74 Å². The summed E-state index contributed by atoms with van der Waals surface area (Å²) in [6.45, 7) is 15.5. The first-order chi connectivity index (χ1) is 12.1. The molecule has 1 nitrogen and oxygen atoms in total. The number of alkyl halides is 1. The Morgan fingerprint density at radius 3 is 2.00 bits per heavy atom. The zero-order valence-corrected chi connectivity index (χ0v) is 19.7. The minimum Gasteiger partial charge on any atom is -0.478 e. The van der Waals surface area contributed by atoms with Crippen LogP contribution in [-0.2, 0) is 0 Å². The Balaban J connectivity index is 2.37. The molecule has 0 radical (unpaired) electrons. The molecule has 2 atom stereocenters. The lowest BCUT2D eigenvalue weighted by Crippen LogP contribution is -2.27. The minimum absolute atomic E-state index is 0.152. The van der Waals surface area contributed by atoms with Crippen molar-refractivity contribution in [3.05, 3.63) is 57.6 Å². The van der Waals surface area contributed by atoms with Crippen molar-refractivity contribution in [2.24, 2.45) is 0 Å². The molecule has 26 heavy (non-hydrogen) atoms. The predicted molar refractivity (Wildman–Crippen MR) is 125 cm³/mol. The van der Waals surface area contributed by atoms with E-state index in [9.17, 15) is 0 Å². The SMILES string of the molecule is Bc1cc(C(C)c2cc(C)c(C)c(C)c2)cc(C)c1OC(C)(I)CCC. The van der Waals surface area contributed by atoms with E-state index in [-0.39, 0.29) is 3.61 Å². The molecule has 0 heterocycles. The third kappa shape index (κ3) is 4.85. The summed E-state index contributed by atoms with van der Waals surface area (Å²) in [7, 11) is 2.17. The number of aryl methyl sites for hydroxylation is 3. The maximum atomic E-state index is 6.38. The van der Waals surface area contributed by atoms with Gasteiger partial charge in [0.1, 0.15) is 13.6 Å². The maximum absolute atomic E-state index is 6.38. The van der Waals surface area contributed by atoms with Crippen LogP contribution in [0.15, 0.2) is 24.3 Å². The topological polar surface area (TPSA) is 9.23 Å². The fourth-order valence-electron chi connectivity index (χ4n) is 3.62. The van der Waals surface area contributed by atoms with Crippen LogP contribution in [0, 0.1) is 27.7 Å². The first-order valence-electron chi connectivity index (χ1n) is 9.62. The summed E-state index contributed by atoms with van der Waals surface area (Å²) in [4.78, 5) is 0. The number of ether oxygens (including phenoxy) is 1. The number of hydrogen-bond acceptors (Lipinski definition) is 1. The van der Waals surface area contributed by atoms with Crippen molar-refractivity contribution in [2.75, 3.05) is 0 Å². The molecule has 0 N–H and O–H groups in total. The first kappa shape index (κ1) is 21.3.